The van der Waals surface area contributed by atoms with Crippen LogP contribution in [0.15, 0.2) is 0 Å². The number of hydrogen-bond donors (Lipinski definition) is 1. The Balaban J connectivity index is 2.30. The van der Waals surface area contributed by atoms with Crippen molar-refractivity contribution in [3.63, 3.8) is 0 Å². The molecule has 1 N–H and O–H groups in total. The summed E-state index contributed by atoms with van der Waals surface area (Å²) in [5.74, 6) is 0.428. The first-order valence-electron chi connectivity index (χ1n) is 5.82. The van der Waals surface area contributed by atoms with Gasteiger partial charge >= 0.3 is 0 Å². The first kappa shape index (κ1) is 10.0. The Morgan fingerprint density at radius 1 is 1.21 bits per heavy atom. The van der Waals surface area contributed by atoms with Gasteiger partial charge in [-0.05, 0) is 18.3 Å². The zero-order valence-corrected chi connectivity index (χ0v) is 9.52. The van der Waals surface area contributed by atoms with E-state index in [4.69, 9.17) is 0 Å². The molecule has 0 aromatic heterocycles. The second-order valence-corrected chi connectivity index (χ2v) is 5.58. The highest BCUT2D eigenvalue weighted by molar-refractivity contribution is 5.83. The van der Waals surface area contributed by atoms with Gasteiger partial charge in [-0.3, -0.25) is 4.79 Å². The summed E-state index contributed by atoms with van der Waals surface area (Å²) in [6, 6.07) is 0. The van der Waals surface area contributed by atoms with E-state index in [1.165, 1.54) is 32.1 Å². The number of amides is 1. The fourth-order valence-corrected chi connectivity index (χ4v) is 3.17. The molecule has 14 heavy (non-hydrogen) atoms. The SMILES string of the molecule is CC1C(=O)NC2(CCCCC2)C1(C)C. The van der Waals surface area contributed by atoms with Gasteiger partial charge in [0.15, 0.2) is 0 Å². The second-order valence-electron chi connectivity index (χ2n) is 5.58. The number of carbonyl (C=O) groups excluding carboxylic acids is 1. The van der Waals surface area contributed by atoms with E-state index in [0.29, 0.717) is 0 Å². The van der Waals surface area contributed by atoms with Crippen LogP contribution in [-0.4, -0.2) is 11.4 Å². The van der Waals surface area contributed by atoms with Crippen molar-refractivity contribution in [2.75, 3.05) is 0 Å². The molecule has 0 radical (unpaired) electrons. The minimum atomic E-state index is 0.113. The molecule has 1 spiro atoms. The quantitative estimate of drug-likeness (QED) is 0.632. The molecule has 1 saturated carbocycles. The first-order valence-corrected chi connectivity index (χ1v) is 5.82. The normalized spacial score (nSPS) is 34.5. The lowest BCUT2D eigenvalue weighted by Gasteiger charge is -2.45. The molecule has 0 aromatic rings. The Morgan fingerprint density at radius 3 is 2.21 bits per heavy atom. The summed E-state index contributed by atoms with van der Waals surface area (Å²) < 4.78 is 0. The van der Waals surface area contributed by atoms with Crippen molar-refractivity contribution in [3.8, 4) is 0 Å². The Kier molecular flexibility index (Phi) is 2.13. The molecule has 2 rings (SSSR count). The van der Waals surface area contributed by atoms with Gasteiger partial charge in [0, 0.05) is 11.5 Å². The molecular formula is C12H21NO. The van der Waals surface area contributed by atoms with Gasteiger partial charge in [0.25, 0.3) is 0 Å². The summed E-state index contributed by atoms with van der Waals surface area (Å²) in [5, 5.41) is 3.27. The zero-order chi connectivity index (χ0) is 10.4. The van der Waals surface area contributed by atoms with Crippen LogP contribution in [-0.2, 0) is 4.79 Å². The smallest absolute Gasteiger partial charge is 0.223 e. The van der Waals surface area contributed by atoms with Gasteiger partial charge in [0.05, 0.1) is 0 Å². The number of rotatable bonds is 0. The highest BCUT2D eigenvalue weighted by atomic mass is 16.2. The van der Waals surface area contributed by atoms with E-state index in [1.807, 2.05) is 0 Å². The first-order chi connectivity index (χ1) is 6.50. The Labute approximate surface area is 86.5 Å². The lowest BCUT2D eigenvalue weighted by Crippen LogP contribution is -2.51. The minimum Gasteiger partial charge on any atom is -0.350 e. The Hall–Kier alpha value is -0.530. The van der Waals surface area contributed by atoms with E-state index in [2.05, 4.69) is 26.1 Å². The summed E-state index contributed by atoms with van der Waals surface area (Å²) >= 11 is 0. The van der Waals surface area contributed by atoms with Crippen molar-refractivity contribution >= 4 is 5.91 Å². The molecule has 2 fully saturated rings. The average Bonchev–Trinajstić information content (AvgIpc) is 2.30. The van der Waals surface area contributed by atoms with Crippen molar-refractivity contribution in [2.45, 2.75) is 58.4 Å². The van der Waals surface area contributed by atoms with Crippen molar-refractivity contribution in [3.05, 3.63) is 0 Å². The van der Waals surface area contributed by atoms with Crippen LogP contribution >= 0.6 is 0 Å². The van der Waals surface area contributed by atoms with E-state index in [9.17, 15) is 4.79 Å². The molecule has 2 heteroatoms. The Bertz CT molecular complexity index is 251. The van der Waals surface area contributed by atoms with Crippen molar-refractivity contribution in [2.24, 2.45) is 11.3 Å². The lowest BCUT2D eigenvalue weighted by molar-refractivity contribution is -0.123. The molecule has 1 aliphatic heterocycles. The summed E-state index contributed by atoms with van der Waals surface area (Å²) in [6.45, 7) is 6.57. The third-order valence-corrected chi connectivity index (χ3v) is 4.78. The molecule has 1 atom stereocenters. The molecule has 1 amide bonds. The molecule has 2 nitrogen and oxygen atoms in total. The maximum Gasteiger partial charge on any atom is 0.223 e. The molecule has 0 aromatic carbocycles. The summed E-state index contributed by atoms with van der Waals surface area (Å²) in [4.78, 5) is 11.8. The third kappa shape index (κ3) is 1.12. The van der Waals surface area contributed by atoms with Gasteiger partial charge in [-0.25, -0.2) is 0 Å². The highest BCUT2D eigenvalue weighted by Gasteiger charge is 2.56. The number of carbonyl (C=O) groups is 1. The van der Waals surface area contributed by atoms with Crippen LogP contribution in [0.5, 0.6) is 0 Å². The van der Waals surface area contributed by atoms with E-state index in [1.54, 1.807) is 0 Å². The topological polar surface area (TPSA) is 29.1 Å². The lowest BCUT2D eigenvalue weighted by atomic mass is 9.63. The minimum absolute atomic E-state index is 0.113. The maximum atomic E-state index is 11.8. The number of nitrogens with one attached hydrogen (secondary N) is 1. The third-order valence-electron chi connectivity index (χ3n) is 4.78. The molecule has 2 aliphatic rings. The van der Waals surface area contributed by atoms with Gasteiger partial charge < -0.3 is 5.32 Å². The fourth-order valence-electron chi connectivity index (χ4n) is 3.17. The summed E-state index contributed by atoms with van der Waals surface area (Å²) in [5.41, 5.74) is 0.242. The highest BCUT2D eigenvalue weighted by Crippen LogP contribution is 2.50. The van der Waals surface area contributed by atoms with Crippen molar-refractivity contribution in [1.29, 1.82) is 0 Å². The van der Waals surface area contributed by atoms with Crippen LogP contribution in [0.4, 0.5) is 0 Å². The van der Waals surface area contributed by atoms with E-state index in [0.717, 1.165) is 0 Å². The summed E-state index contributed by atoms with van der Waals surface area (Å²) in [7, 11) is 0. The monoisotopic (exact) mass is 195 g/mol. The van der Waals surface area contributed by atoms with Crippen LogP contribution in [0, 0.1) is 11.3 Å². The molecule has 1 heterocycles. The van der Waals surface area contributed by atoms with Crippen molar-refractivity contribution in [1.82, 2.24) is 5.32 Å². The predicted molar refractivity (Wildman–Crippen MR) is 56.9 cm³/mol. The van der Waals surface area contributed by atoms with E-state index < -0.39 is 0 Å². The molecular weight excluding hydrogens is 174 g/mol. The van der Waals surface area contributed by atoms with Crippen LogP contribution in [0.3, 0.4) is 0 Å². The largest absolute Gasteiger partial charge is 0.350 e. The average molecular weight is 195 g/mol. The van der Waals surface area contributed by atoms with Gasteiger partial charge in [0.1, 0.15) is 0 Å². The fraction of sp³-hybridized carbons (Fsp3) is 0.917. The molecule has 80 valence electrons. The molecule has 1 unspecified atom stereocenters. The molecule has 1 saturated heterocycles. The predicted octanol–water partition coefficient (Wildman–Crippen LogP) is 2.48. The van der Waals surface area contributed by atoms with E-state index in [-0.39, 0.29) is 22.8 Å². The zero-order valence-electron chi connectivity index (χ0n) is 9.52. The molecule has 1 aliphatic carbocycles. The molecule has 0 bridgehead atoms. The van der Waals surface area contributed by atoms with Gasteiger partial charge in [-0.1, -0.05) is 40.0 Å². The number of hydrogen-bond acceptors (Lipinski definition) is 1. The second kappa shape index (κ2) is 2.98. The van der Waals surface area contributed by atoms with Crippen LogP contribution in [0.25, 0.3) is 0 Å². The van der Waals surface area contributed by atoms with Crippen LogP contribution in [0.1, 0.15) is 52.9 Å². The maximum absolute atomic E-state index is 11.8. The van der Waals surface area contributed by atoms with Crippen LogP contribution in [0.2, 0.25) is 0 Å². The standard InChI is InChI=1S/C12H21NO/c1-9-10(14)13-12(11(9,2)3)7-5-4-6-8-12/h9H,4-8H2,1-3H3,(H,13,14). The van der Waals surface area contributed by atoms with Gasteiger partial charge in [-0.15, -0.1) is 0 Å². The van der Waals surface area contributed by atoms with Crippen molar-refractivity contribution < 1.29 is 4.79 Å². The van der Waals surface area contributed by atoms with E-state index >= 15 is 0 Å². The van der Waals surface area contributed by atoms with Gasteiger partial charge in [-0.2, -0.15) is 0 Å². The van der Waals surface area contributed by atoms with Gasteiger partial charge in [0.2, 0.25) is 5.91 Å². The Morgan fingerprint density at radius 2 is 1.79 bits per heavy atom. The summed E-state index contributed by atoms with van der Waals surface area (Å²) in [6.07, 6.45) is 6.24. The van der Waals surface area contributed by atoms with Crippen LogP contribution < -0.4 is 5.32 Å².